The van der Waals surface area contributed by atoms with E-state index in [1.165, 1.54) is 16.8 Å². The molecule has 35 heavy (non-hydrogen) atoms. The van der Waals surface area contributed by atoms with Crippen LogP contribution < -0.4 is 4.72 Å². The van der Waals surface area contributed by atoms with Crippen molar-refractivity contribution in [2.45, 2.75) is 16.9 Å². The number of benzene rings is 1. The fraction of sp³-hybridized carbons (Fsp3) is 0.174. The molecule has 1 saturated heterocycles. The van der Waals surface area contributed by atoms with Crippen LogP contribution in [0.1, 0.15) is 12.1 Å². The van der Waals surface area contributed by atoms with Crippen molar-refractivity contribution in [3.05, 3.63) is 71.5 Å². The molecule has 0 amide bonds. The lowest BCUT2D eigenvalue weighted by Gasteiger charge is -2.11. The second-order valence-electron chi connectivity index (χ2n) is 7.84. The van der Waals surface area contributed by atoms with Gasteiger partial charge in [-0.15, -0.1) is 0 Å². The molecular weight excluding hydrogens is 497 g/mol. The van der Waals surface area contributed by atoms with Gasteiger partial charge < -0.3 is 9.84 Å². The van der Waals surface area contributed by atoms with Crippen LogP contribution in [0.4, 0.5) is 10.1 Å². The van der Waals surface area contributed by atoms with Crippen LogP contribution in [0.2, 0.25) is 5.15 Å². The molecule has 0 saturated carbocycles. The molecule has 12 heteroatoms. The van der Waals surface area contributed by atoms with Gasteiger partial charge in [0.2, 0.25) is 0 Å². The van der Waals surface area contributed by atoms with Gasteiger partial charge in [0.1, 0.15) is 11.5 Å². The fourth-order valence-corrected chi connectivity index (χ4v) is 4.69. The molecule has 0 radical (unpaired) electrons. The van der Waals surface area contributed by atoms with Crippen LogP contribution in [0.15, 0.2) is 59.8 Å². The maximum Gasteiger partial charge on any atom is 0.261 e. The van der Waals surface area contributed by atoms with E-state index >= 15 is 0 Å². The molecule has 0 bridgehead atoms. The maximum absolute atomic E-state index is 13.2. The molecule has 1 fully saturated rings. The molecule has 4 aromatic rings. The number of fused-ring (bicyclic) bond motifs is 1. The number of anilines is 1. The van der Waals surface area contributed by atoms with Crippen LogP contribution >= 0.6 is 11.6 Å². The minimum absolute atomic E-state index is 0.0319. The van der Waals surface area contributed by atoms with E-state index in [0.29, 0.717) is 35.6 Å². The molecular formula is C23H17ClFN5O4S. The molecule has 2 N–H and O–H groups in total. The summed E-state index contributed by atoms with van der Waals surface area (Å²) in [6.45, 7) is 0.583. The van der Waals surface area contributed by atoms with Gasteiger partial charge in [0.15, 0.2) is 16.4 Å². The molecule has 1 aliphatic rings. The van der Waals surface area contributed by atoms with Crippen molar-refractivity contribution in [3.63, 3.8) is 0 Å². The van der Waals surface area contributed by atoms with Gasteiger partial charge in [-0.25, -0.2) is 27.3 Å². The van der Waals surface area contributed by atoms with Crippen molar-refractivity contribution in [1.29, 1.82) is 0 Å². The van der Waals surface area contributed by atoms with E-state index in [9.17, 15) is 17.9 Å². The standard InChI is InChI=1S/C23H17ClFN5O4S/c24-22-20(29-35(32,33)18-3-1-16(25)2-4-18)11-15(12-27-22)19-5-6-21-26-13-17(30(21)28-19)7-8-23(31)9-10-34-14-23/h1-6,11-13,29,31H,9-10,14H2. The predicted octanol–water partition coefficient (Wildman–Crippen LogP) is 2.89. The van der Waals surface area contributed by atoms with E-state index in [4.69, 9.17) is 16.3 Å². The first-order valence-electron chi connectivity index (χ1n) is 10.3. The molecule has 9 nitrogen and oxygen atoms in total. The average molecular weight is 514 g/mol. The summed E-state index contributed by atoms with van der Waals surface area (Å²) in [6.07, 6.45) is 3.41. The molecule has 1 aromatic carbocycles. The van der Waals surface area contributed by atoms with Crippen molar-refractivity contribution in [1.82, 2.24) is 19.6 Å². The summed E-state index contributed by atoms with van der Waals surface area (Å²) >= 11 is 6.14. The van der Waals surface area contributed by atoms with Gasteiger partial charge in [-0.05, 0) is 48.4 Å². The van der Waals surface area contributed by atoms with Gasteiger partial charge in [-0.3, -0.25) is 4.72 Å². The monoisotopic (exact) mass is 513 g/mol. The number of hydrogen-bond acceptors (Lipinski definition) is 7. The van der Waals surface area contributed by atoms with Crippen molar-refractivity contribution < 1.29 is 22.7 Å². The Labute approximate surface area is 204 Å². The average Bonchev–Trinajstić information content (AvgIpc) is 3.45. The van der Waals surface area contributed by atoms with Crippen molar-refractivity contribution in [2.24, 2.45) is 0 Å². The zero-order valence-corrected chi connectivity index (χ0v) is 19.5. The van der Waals surface area contributed by atoms with Gasteiger partial charge in [-0.2, -0.15) is 5.10 Å². The third kappa shape index (κ3) is 4.82. The zero-order valence-electron chi connectivity index (χ0n) is 17.9. The number of rotatable bonds is 4. The first kappa shape index (κ1) is 23.2. The second kappa shape index (κ2) is 8.90. The largest absolute Gasteiger partial charge is 0.377 e. The van der Waals surface area contributed by atoms with Crippen molar-refractivity contribution >= 4 is 33.0 Å². The van der Waals surface area contributed by atoms with E-state index in [0.717, 1.165) is 24.3 Å². The molecule has 1 aliphatic heterocycles. The number of nitrogens with zero attached hydrogens (tertiary/aromatic N) is 4. The highest BCUT2D eigenvalue weighted by Crippen LogP contribution is 2.28. The number of nitrogens with one attached hydrogen (secondary N) is 1. The second-order valence-corrected chi connectivity index (χ2v) is 9.88. The molecule has 0 spiro atoms. The highest BCUT2D eigenvalue weighted by molar-refractivity contribution is 7.92. The fourth-order valence-electron chi connectivity index (χ4n) is 3.42. The van der Waals surface area contributed by atoms with Gasteiger partial charge in [-0.1, -0.05) is 17.5 Å². The Hall–Kier alpha value is -3.56. The Morgan fingerprint density at radius 1 is 1.17 bits per heavy atom. The molecule has 5 rings (SSSR count). The maximum atomic E-state index is 13.2. The van der Waals surface area contributed by atoms with E-state index < -0.39 is 21.4 Å². The van der Waals surface area contributed by atoms with E-state index in [1.54, 1.807) is 18.3 Å². The summed E-state index contributed by atoms with van der Waals surface area (Å²) in [5.41, 5.74) is 0.743. The first-order chi connectivity index (χ1) is 16.7. The minimum atomic E-state index is -4.03. The first-order valence-corrected chi connectivity index (χ1v) is 12.2. The topological polar surface area (TPSA) is 119 Å². The van der Waals surface area contributed by atoms with Crippen LogP contribution in [0, 0.1) is 17.7 Å². The third-order valence-corrected chi connectivity index (χ3v) is 6.97. The van der Waals surface area contributed by atoms with Gasteiger partial charge >= 0.3 is 0 Å². The molecule has 4 heterocycles. The smallest absolute Gasteiger partial charge is 0.261 e. The van der Waals surface area contributed by atoms with Crippen LogP contribution in [0.3, 0.4) is 0 Å². The van der Waals surface area contributed by atoms with Gasteiger partial charge in [0.05, 0.1) is 35.7 Å². The summed E-state index contributed by atoms with van der Waals surface area (Å²) in [7, 11) is -4.03. The number of sulfonamides is 1. The summed E-state index contributed by atoms with van der Waals surface area (Å²) in [5.74, 6) is 5.17. The van der Waals surface area contributed by atoms with Crippen LogP contribution in [0.25, 0.3) is 16.9 Å². The van der Waals surface area contributed by atoms with Crippen LogP contribution in [0.5, 0.6) is 0 Å². The SMILES string of the molecule is O=S(=O)(Nc1cc(-c2ccc3ncc(C#CC4(O)CCOC4)n3n2)cnc1Cl)c1ccc(F)cc1. The number of pyridine rings is 1. The molecule has 178 valence electrons. The lowest BCUT2D eigenvalue weighted by Crippen LogP contribution is -2.26. The lowest BCUT2D eigenvalue weighted by atomic mass is 10.1. The quantitative estimate of drug-likeness (QED) is 0.318. The molecule has 3 aromatic heterocycles. The Bertz CT molecular complexity index is 1590. The van der Waals surface area contributed by atoms with E-state index in [2.05, 4.69) is 31.6 Å². The summed E-state index contributed by atoms with van der Waals surface area (Å²) in [5, 5.41) is 14.9. The van der Waals surface area contributed by atoms with Crippen molar-refractivity contribution in [3.8, 4) is 23.1 Å². The summed E-state index contributed by atoms with van der Waals surface area (Å²) in [4.78, 5) is 8.22. The van der Waals surface area contributed by atoms with E-state index in [-0.39, 0.29) is 22.3 Å². The van der Waals surface area contributed by atoms with Gasteiger partial charge in [0.25, 0.3) is 10.0 Å². The van der Waals surface area contributed by atoms with Crippen LogP contribution in [-0.4, -0.2) is 51.9 Å². The number of hydrogen-bond donors (Lipinski definition) is 2. The summed E-state index contributed by atoms with van der Waals surface area (Å²) < 4.78 is 47.7. The highest BCUT2D eigenvalue weighted by Gasteiger charge is 2.30. The lowest BCUT2D eigenvalue weighted by molar-refractivity contribution is 0.0765. The predicted molar refractivity (Wildman–Crippen MR) is 126 cm³/mol. The van der Waals surface area contributed by atoms with Crippen LogP contribution in [-0.2, 0) is 14.8 Å². The third-order valence-electron chi connectivity index (χ3n) is 5.29. The summed E-state index contributed by atoms with van der Waals surface area (Å²) in [6, 6.07) is 9.30. The Balaban J connectivity index is 1.48. The number of imidazole rings is 1. The van der Waals surface area contributed by atoms with Crippen molar-refractivity contribution in [2.75, 3.05) is 17.9 Å². The highest BCUT2D eigenvalue weighted by atomic mass is 35.5. The molecule has 1 atom stereocenters. The number of aromatic nitrogens is 4. The zero-order chi connectivity index (χ0) is 24.6. The Morgan fingerprint density at radius 2 is 1.97 bits per heavy atom. The Kier molecular flexibility index (Phi) is 5.90. The molecule has 1 unspecified atom stereocenters. The number of halogens is 2. The number of aliphatic hydroxyl groups is 1. The number of ether oxygens (including phenoxy) is 1. The minimum Gasteiger partial charge on any atom is -0.377 e. The Morgan fingerprint density at radius 3 is 2.71 bits per heavy atom. The van der Waals surface area contributed by atoms with Gasteiger partial charge in [0, 0.05) is 18.2 Å². The van der Waals surface area contributed by atoms with E-state index in [1.807, 2.05) is 0 Å². The normalized spacial score (nSPS) is 17.8. The molecule has 0 aliphatic carbocycles.